The van der Waals surface area contributed by atoms with Crippen molar-refractivity contribution in [1.29, 1.82) is 0 Å². The van der Waals surface area contributed by atoms with Crippen molar-refractivity contribution in [2.45, 2.75) is 31.6 Å². The van der Waals surface area contributed by atoms with Gasteiger partial charge in [-0.2, -0.15) is 0 Å². The lowest BCUT2D eigenvalue weighted by Gasteiger charge is -2.37. The van der Waals surface area contributed by atoms with Crippen LogP contribution in [0.4, 0.5) is 8.78 Å². The first-order valence-corrected chi connectivity index (χ1v) is 9.59. The van der Waals surface area contributed by atoms with Crippen molar-refractivity contribution in [3.8, 4) is 10.6 Å². The molecule has 1 saturated heterocycles. The molecule has 1 aliphatic rings. The van der Waals surface area contributed by atoms with Gasteiger partial charge in [-0.05, 0) is 17.9 Å². The van der Waals surface area contributed by atoms with E-state index in [2.05, 4.69) is 5.16 Å². The summed E-state index contributed by atoms with van der Waals surface area (Å²) in [5.41, 5.74) is 0.155. The lowest BCUT2D eigenvalue weighted by molar-refractivity contribution is -0.147. The van der Waals surface area contributed by atoms with Gasteiger partial charge in [-0.1, -0.05) is 11.2 Å². The summed E-state index contributed by atoms with van der Waals surface area (Å²) in [6.07, 6.45) is -0.674. The van der Waals surface area contributed by atoms with Crippen LogP contribution in [0, 0.1) is 5.92 Å². The zero-order chi connectivity index (χ0) is 19.4. The number of nitrogens with zero attached hydrogens (tertiary/aromatic N) is 2. The maximum Gasteiger partial charge on any atom is 0.309 e. The van der Waals surface area contributed by atoms with E-state index in [9.17, 15) is 18.4 Å². The van der Waals surface area contributed by atoms with Crippen LogP contribution >= 0.6 is 11.3 Å². The molecule has 3 heterocycles. The molecule has 146 valence electrons. The molecule has 0 bridgehead atoms. The Bertz CT molecular complexity index is 785. The van der Waals surface area contributed by atoms with E-state index in [1.807, 2.05) is 17.5 Å². The van der Waals surface area contributed by atoms with Crippen LogP contribution < -0.4 is 0 Å². The molecule has 27 heavy (non-hydrogen) atoms. The molecule has 1 fully saturated rings. The third-order valence-corrected chi connectivity index (χ3v) is 5.49. The number of hydrogen-bond donors (Lipinski definition) is 1. The molecule has 2 aromatic heterocycles. The Hall–Kier alpha value is -2.13. The fourth-order valence-electron chi connectivity index (χ4n) is 2.93. The van der Waals surface area contributed by atoms with Gasteiger partial charge in [0.15, 0.2) is 11.5 Å². The largest absolute Gasteiger partial charge is 0.481 e. The number of ketones is 1. The molecular formula is C18H20F2N2O4S. The minimum Gasteiger partial charge on any atom is -0.481 e. The number of halogens is 2. The van der Waals surface area contributed by atoms with Gasteiger partial charge in [-0.3, -0.25) is 9.59 Å². The highest BCUT2D eigenvalue weighted by molar-refractivity contribution is 7.13. The average molecular weight is 398 g/mol. The fourth-order valence-corrected chi connectivity index (χ4v) is 3.61. The van der Waals surface area contributed by atoms with Crippen molar-refractivity contribution in [1.82, 2.24) is 10.1 Å². The highest BCUT2D eigenvalue weighted by Crippen LogP contribution is 2.29. The summed E-state index contributed by atoms with van der Waals surface area (Å²) in [5.74, 6) is -4.03. The molecule has 9 heteroatoms. The normalized spacial score (nSPS) is 15.6. The minimum atomic E-state index is -2.87. The number of likely N-dealkylation sites (tertiary alicyclic amines) is 1. The van der Waals surface area contributed by atoms with E-state index in [1.165, 1.54) is 17.4 Å². The fraction of sp³-hybridized carbons (Fsp3) is 0.500. The lowest BCUT2D eigenvalue weighted by atomic mass is 9.99. The zero-order valence-electron chi connectivity index (χ0n) is 14.6. The van der Waals surface area contributed by atoms with Gasteiger partial charge in [-0.25, -0.2) is 8.78 Å². The molecule has 3 rings (SSSR count). The van der Waals surface area contributed by atoms with E-state index in [1.54, 1.807) is 4.90 Å². The van der Waals surface area contributed by atoms with E-state index in [0.717, 1.165) is 4.88 Å². The SMILES string of the molecule is O=C(CCCC(F)(F)CCN1CC(C(=O)O)C1)c1cc(-c2cccs2)on1. The smallest absolute Gasteiger partial charge is 0.309 e. The number of Topliss-reactive ketones (excluding diaryl/α,β-unsaturated/α-hetero) is 1. The van der Waals surface area contributed by atoms with Crippen LogP contribution in [0.5, 0.6) is 0 Å². The Balaban J connectivity index is 1.38. The molecule has 0 saturated carbocycles. The summed E-state index contributed by atoms with van der Waals surface area (Å²) < 4.78 is 33.0. The van der Waals surface area contributed by atoms with Crippen molar-refractivity contribution in [3.05, 3.63) is 29.3 Å². The number of aliphatic carboxylic acids is 1. The van der Waals surface area contributed by atoms with Crippen LogP contribution in [0.2, 0.25) is 0 Å². The Morgan fingerprint density at radius 2 is 2.15 bits per heavy atom. The first-order valence-electron chi connectivity index (χ1n) is 8.71. The maximum atomic E-state index is 14.0. The lowest BCUT2D eigenvalue weighted by Crippen LogP contribution is -2.51. The average Bonchev–Trinajstić information content (AvgIpc) is 3.24. The summed E-state index contributed by atoms with van der Waals surface area (Å²) in [6, 6.07) is 5.24. The van der Waals surface area contributed by atoms with Crippen LogP contribution in [0.15, 0.2) is 28.1 Å². The molecule has 0 radical (unpaired) electrons. The topological polar surface area (TPSA) is 83.6 Å². The Morgan fingerprint density at radius 1 is 1.37 bits per heavy atom. The molecule has 0 aliphatic carbocycles. The molecule has 0 aromatic carbocycles. The van der Waals surface area contributed by atoms with Gasteiger partial charge >= 0.3 is 5.97 Å². The zero-order valence-corrected chi connectivity index (χ0v) is 15.4. The van der Waals surface area contributed by atoms with Crippen molar-refractivity contribution in [2.24, 2.45) is 5.92 Å². The number of aromatic nitrogens is 1. The predicted octanol–water partition coefficient (Wildman–Crippen LogP) is 3.80. The van der Waals surface area contributed by atoms with Gasteiger partial charge in [-0.15, -0.1) is 11.3 Å². The molecule has 6 nitrogen and oxygen atoms in total. The number of carbonyl (C=O) groups is 2. The van der Waals surface area contributed by atoms with Crippen molar-refractivity contribution in [2.75, 3.05) is 19.6 Å². The molecular weight excluding hydrogens is 378 g/mol. The first kappa shape index (κ1) is 19.6. The summed E-state index contributed by atoms with van der Waals surface area (Å²) >= 11 is 1.46. The van der Waals surface area contributed by atoms with E-state index in [4.69, 9.17) is 9.63 Å². The number of thiophene rings is 1. The molecule has 2 aromatic rings. The summed E-state index contributed by atoms with van der Waals surface area (Å²) in [6.45, 7) is 0.809. The quantitative estimate of drug-likeness (QED) is 0.613. The summed E-state index contributed by atoms with van der Waals surface area (Å²) in [7, 11) is 0. The van der Waals surface area contributed by atoms with Crippen molar-refractivity contribution in [3.63, 3.8) is 0 Å². The Kier molecular flexibility index (Phi) is 6.01. The first-order chi connectivity index (χ1) is 12.8. The molecule has 0 atom stereocenters. The molecule has 0 unspecified atom stereocenters. The Labute approximate surface area is 158 Å². The molecule has 1 N–H and O–H groups in total. The number of alkyl halides is 2. The van der Waals surface area contributed by atoms with Gasteiger partial charge in [0.25, 0.3) is 0 Å². The monoisotopic (exact) mass is 398 g/mol. The van der Waals surface area contributed by atoms with Gasteiger partial charge in [0.05, 0.1) is 10.8 Å². The van der Waals surface area contributed by atoms with E-state index < -0.39 is 17.8 Å². The van der Waals surface area contributed by atoms with E-state index in [-0.39, 0.29) is 43.7 Å². The standard InChI is InChI=1S/C18H20F2N2O4S/c19-18(20,6-7-22-10-12(11-22)17(24)25)5-1-3-14(23)13-9-15(26-21-13)16-4-2-8-27-16/h2,4,8-9,12H,1,3,5-7,10-11H2,(H,24,25). The van der Waals surface area contributed by atoms with Gasteiger partial charge in [0.1, 0.15) is 5.69 Å². The summed E-state index contributed by atoms with van der Waals surface area (Å²) in [4.78, 5) is 25.4. The predicted molar refractivity (Wildman–Crippen MR) is 95.1 cm³/mol. The Morgan fingerprint density at radius 3 is 2.81 bits per heavy atom. The number of rotatable bonds is 10. The van der Waals surface area contributed by atoms with Crippen LogP contribution in [0.25, 0.3) is 10.6 Å². The molecule has 0 amide bonds. The van der Waals surface area contributed by atoms with Gasteiger partial charge in [0, 0.05) is 45.0 Å². The molecule has 1 aliphatic heterocycles. The summed E-state index contributed by atoms with van der Waals surface area (Å²) in [5, 5.41) is 14.4. The number of carbonyl (C=O) groups excluding carboxylic acids is 1. The molecule has 0 spiro atoms. The van der Waals surface area contributed by atoms with Gasteiger partial charge < -0.3 is 14.5 Å². The second kappa shape index (κ2) is 8.26. The highest BCUT2D eigenvalue weighted by atomic mass is 32.1. The van der Waals surface area contributed by atoms with Crippen LogP contribution in [-0.2, 0) is 4.79 Å². The van der Waals surface area contributed by atoms with Crippen LogP contribution in [0.1, 0.15) is 36.2 Å². The maximum absolute atomic E-state index is 14.0. The van der Waals surface area contributed by atoms with E-state index >= 15 is 0 Å². The number of hydrogen-bond acceptors (Lipinski definition) is 6. The minimum absolute atomic E-state index is 0.0171. The third-order valence-electron chi connectivity index (χ3n) is 4.61. The van der Waals surface area contributed by atoms with Crippen molar-refractivity contribution < 1.29 is 28.0 Å². The number of carboxylic acids is 1. The third kappa shape index (κ3) is 5.20. The number of carboxylic acid groups (broad SMARTS) is 1. The van der Waals surface area contributed by atoms with E-state index in [0.29, 0.717) is 18.8 Å². The highest BCUT2D eigenvalue weighted by Gasteiger charge is 2.35. The second-order valence-electron chi connectivity index (χ2n) is 6.73. The van der Waals surface area contributed by atoms with Gasteiger partial charge in [0.2, 0.25) is 5.92 Å². The van der Waals surface area contributed by atoms with Crippen LogP contribution in [0.3, 0.4) is 0 Å². The van der Waals surface area contributed by atoms with Crippen molar-refractivity contribution >= 4 is 23.1 Å². The van der Waals surface area contributed by atoms with Crippen LogP contribution in [-0.4, -0.2) is 52.5 Å². The second-order valence-corrected chi connectivity index (χ2v) is 7.68.